The average Bonchev–Trinajstić information content (AvgIpc) is 2.81. The highest BCUT2D eigenvalue weighted by Crippen LogP contribution is 2.34. The van der Waals surface area contributed by atoms with E-state index in [0.29, 0.717) is 12.2 Å². The molecule has 0 bridgehead atoms. The normalized spacial score (nSPS) is 14.0. The molecule has 0 fully saturated rings. The molecule has 4 heteroatoms. The van der Waals surface area contributed by atoms with E-state index >= 15 is 0 Å². The molecule has 1 heterocycles. The summed E-state index contributed by atoms with van der Waals surface area (Å²) < 4.78 is 6.93. The first-order valence-electron chi connectivity index (χ1n) is 7.48. The number of fused-ring (bicyclic) bond motifs is 3. The highest BCUT2D eigenvalue weighted by atomic mass is 16.5. The first-order valence-corrected chi connectivity index (χ1v) is 7.48. The van der Waals surface area contributed by atoms with E-state index in [1.165, 1.54) is 0 Å². The molecular formula is C17H19NO3. The lowest BCUT2D eigenvalue weighted by atomic mass is 9.94. The summed E-state index contributed by atoms with van der Waals surface area (Å²) in [5.74, 6) is -0.304. The highest BCUT2D eigenvalue weighted by molar-refractivity contribution is 6.08. The monoisotopic (exact) mass is 285 g/mol. The number of benzene rings is 1. The van der Waals surface area contributed by atoms with Crippen molar-refractivity contribution < 1.29 is 14.3 Å². The van der Waals surface area contributed by atoms with Crippen LogP contribution < -0.4 is 0 Å². The lowest BCUT2D eigenvalue weighted by Crippen LogP contribution is -2.12. The second kappa shape index (κ2) is 5.35. The molecule has 1 aliphatic carbocycles. The Morgan fingerprint density at radius 1 is 1.24 bits per heavy atom. The quantitative estimate of drug-likeness (QED) is 0.795. The number of rotatable bonds is 2. The smallest absolute Gasteiger partial charge is 0.338 e. The van der Waals surface area contributed by atoms with E-state index < -0.39 is 0 Å². The molecule has 0 saturated heterocycles. The van der Waals surface area contributed by atoms with E-state index in [0.717, 1.165) is 47.8 Å². The molecule has 0 saturated carbocycles. The molecule has 1 aromatic carbocycles. The summed E-state index contributed by atoms with van der Waals surface area (Å²) in [5.41, 5.74) is 3.63. The van der Waals surface area contributed by atoms with Gasteiger partial charge in [0.25, 0.3) is 0 Å². The zero-order valence-electron chi connectivity index (χ0n) is 12.4. The lowest BCUT2D eigenvalue weighted by Gasteiger charge is -2.14. The minimum absolute atomic E-state index is 0.00385. The van der Waals surface area contributed by atoms with Gasteiger partial charge in [-0.3, -0.25) is 9.36 Å². The van der Waals surface area contributed by atoms with E-state index in [9.17, 15) is 9.59 Å². The van der Waals surface area contributed by atoms with Gasteiger partial charge in [-0.25, -0.2) is 4.79 Å². The summed E-state index contributed by atoms with van der Waals surface area (Å²) in [6.07, 6.45) is 4.00. The maximum absolute atomic E-state index is 12.2. The summed E-state index contributed by atoms with van der Waals surface area (Å²) in [7, 11) is 0. The molecule has 0 N–H and O–H groups in total. The Morgan fingerprint density at radius 3 is 2.71 bits per heavy atom. The Hall–Kier alpha value is -2.10. The Kier molecular flexibility index (Phi) is 3.53. The molecule has 110 valence electrons. The third-order valence-corrected chi connectivity index (χ3v) is 4.10. The van der Waals surface area contributed by atoms with Crippen molar-refractivity contribution in [3.8, 4) is 0 Å². The number of nitrogens with zero attached hydrogens (tertiary/aromatic N) is 1. The number of carbonyl (C=O) groups is 2. The first-order chi connectivity index (χ1) is 10.1. The summed E-state index contributed by atoms with van der Waals surface area (Å²) in [5, 5.41) is 0.904. The SMILES string of the molecule is CCOC(=O)c1cccc2c1c1c(n2C(C)=O)CCCC1. The summed E-state index contributed by atoms with van der Waals surface area (Å²) in [4.78, 5) is 24.3. The molecule has 0 atom stereocenters. The molecule has 1 aromatic heterocycles. The number of carbonyl (C=O) groups excluding carboxylic acids is 2. The Morgan fingerprint density at radius 2 is 2.00 bits per heavy atom. The van der Waals surface area contributed by atoms with Gasteiger partial charge in [0.15, 0.2) is 0 Å². The van der Waals surface area contributed by atoms with Crippen molar-refractivity contribution in [2.75, 3.05) is 6.61 Å². The van der Waals surface area contributed by atoms with Crippen LogP contribution in [-0.4, -0.2) is 23.1 Å². The van der Waals surface area contributed by atoms with E-state index in [4.69, 9.17) is 4.74 Å². The molecular weight excluding hydrogens is 266 g/mol. The van der Waals surface area contributed by atoms with Gasteiger partial charge in [0.1, 0.15) is 0 Å². The molecule has 0 amide bonds. The van der Waals surface area contributed by atoms with Crippen LogP contribution in [-0.2, 0) is 17.6 Å². The van der Waals surface area contributed by atoms with Crippen LogP contribution in [0.15, 0.2) is 18.2 Å². The molecule has 1 aliphatic rings. The van der Waals surface area contributed by atoms with Crippen LogP contribution in [0.4, 0.5) is 0 Å². The van der Waals surface area contributed by atoms with Crippen LogP contribution in [0.5, 0.6) is 0 Å². The van der Waals surface area contributed by atoms with Gasteiger partial charge in [-0.1, -0.05) is 6.07 Å². The molecule has 0 aliphatic heterocycles. The third kappa shape index (κ3) is 2.15. The topological polar surface area (TPSA) is 48.3 Å². The van der Waals surface area contributed by atoms with Crippen molar-refractivity contribution >= 4 is 22.8 Å². The van der Waals surface area contributed by atoms with Crippen molar-refractivity contribution in [3.05, 3.63) is 35.0 Å². The maximum Gasteiger partial charge on any atom is 0.338 e. The average molecular weight is 285 g/mol. The van der Waals surface area contributed by atoms with Crippen LogP contribution in [0.1, 0.15) is 53.1 Å². The fourth-order valence-corrected chi connectivity index (χ4v) is 3.33. The molecule has 0 unspecified atom stereocenters. The van der Waals surface area contributed by atoms with Crippen LogP contribution in [0.25, 0.3) is 10.9 Å². The minimum Gasteiger partial charge on any atom is -0.462 e. The second-order valence-electron chi connectivity index (χ2n) is 5.41. The van der Waals surface area contributed by atoms with Crippen LogP contribution >= 0.6 is 0 Å². The fraction of sp³-hybridized carbons (Fsp3) is 0.412. The standard InChI is InChI=1S/C17H19NO3/c1-3-21-17(20)13-8-6-10-15-16(13)12-7-4-5-9-14(12)18(15)11(2)19/h6,8,10H,3-5,7,9H2,1-2H3. The molecule has 21 heavy (non-hydrogen) atoms. The van der Waals surface area contributed by atoms with Crippen LogP contribution in [0.3, 0.4) is 0 Å². The molecule has 0 spiro atoms. The predicted molar refractivity (Wildman–Crippen MR) is 80.8 cm³/mol. The first kappa shape index (κ1) is 13.9. The van der Waals surface area contributed by atoms with Crippen molar-refractivity contribution in [1.29, 1.82) is 0 Å². The lowest BCUT2D eigenvalue weighted by molar-refractivity contribution is 0.0528. The molecule has 0 radical (unpaired) electrons. The molecule has 2 aromatic rings. The summed E-state index contributed by atoms with van der Waals surface area (Å²) >= 11 is 0. The van der Waals surface area contributed by atoms with Gasteiger partial charge in [-0.15, -0.1) is 0 Å². The number of hydrogen-bond acceptors (Lipinski definition) is 3. The van der Waals surface area contributed by atoms with Gasteiger partial charge < -0.3 is 4.74 Å². The highest BCUT2D eigenvalue weighted by Gasteiger charge is 2.25. The Labute approximate surface area is 123 Å². The van der Waals surface area contributed by atoms with E-state index in [2.05, 4.69) is 0 Å². The third-order valence-electron chi connectivity index (χ3n) is 4.10. The number of esters is 1. The number of aromatic nitrogens is 1. The Balaban J connectivity index is 2.33. The van der Waals surface area contributed by atoms with Gasteiger partial charge in [0.2, 0.25) is 5.91 Å². The van der Waals surface area contributed by atoms with Crippen molar-refractivity contribution in [2.24, 2.45) is 0 Å². The second-order valence-corrected chi connectivity index (χ2v) is 5.41. The van der Waals surface area contributed by atoms with E-state index in [-0.39, 0.29) is 11.9 Å². The van der Waals surface area contributed by atoms with Gasteiger partial charge in [0.05, 0.1) is 17.7 Å². The predicted octanol–water partition coefficient (Wildman–Crippen LogP) is 3.36. The molecule has 3 rings (SSSR count). The van der Waals surface area contributed by atoms with Gasteiger partial charge in [0, 0.05) is 18.0 Å². The Bertz CT molecular complexity index is 727. The fourth-order valence-electron chi connectivity index (χ4n) is 3.33. The summed E-state index contributed by atoms with van der Waals surface area (Å²) in [6, 6.07) is 5.52. The number of ether oxygens (including phenoxy) is 1. The van der Waals surface area contributed by atoms with Crippen molar-refractivity contribution in [3.63, 3.8) is 0 Å². The maximum atomic E-state index is 12.2. The van der Waals surface area contributed by atoms with Gasteiger partial charge in [-0.05, 0) is 50.3 Å². The molecule has 4 nitrogen and oxygen atoms in total. The van der Waals surface area contributed by atoms with E-state index in [1.54, 1.807) is 24.5 Å². The van der Waals surface area contributed by atoms with Gasteiger partial charge in [-0.2, -0.15) is 0 Å². The number of hydrogen-bond donors (Lipinski definition) is 0. The zero-order valence-corrected chi connectivity index (χ0v) is 12.4. The summed E-state index contributed by atoms with van der Waals surface area (Å²) in [6.45, 7) is 3.73. The van der Waals surface area contributed by atoms with Crippen molar-refractivity contribution in [1.82, 2.24) is 4.57 Å². The zero-order chi connectivity index (χ0) is 15.0. The van der Waals surface area contributed by atoms with E-state index in [1.807, 2.05) is 12.1 Å². The minimum atomic E-state index is -0.308. The van der Waals surface area contributed by atoms with Crippen LogP contribution in [0, 0.1) is 0 Å². The van der Waals surface area contributed by atoms with Crippen molar-refractivity contribution in [2.45, 2.75) is 39.5 Å². The largest absolute Gasteiger partial charge is 0.462 e. The van der Waals surface area contributed by atoms with Crippen LogP contribution in [0.2, 0.25) is 0 Å². The number of aryl methyl sites for hydroxylation is 1. The van der Waals surface area contributed by atoms with Gasteiger partial charge >= 0.3 is 5.97 Å².